The molecule has 0 fully saturated rings. The molecule has 8 rings (SSSR count). The molecule has 10 N–H and O–H groups in total. The van der Waals surface area contributed by atoms with E-state index in [2.05, 4.69) is 59.0 Å². The molecular weight excluding hydrogens is 841 g/mol. The molecule has 5 unspecified atom stereocenters. The maximum absolute atomic E-state index is 11.5. The Hall–Kier alpha value is -4.90. The molecule has 4 aromatic carbocycles. The third-order valence-electron chi connectivity index (χ3n) is 13.4. The highest BCUT2D eigenvalue weighted by atomic mass is 16.6. The lowest BCUT2D eigenvalue weighted by Crippen LogP contribution is -2.56. The van der Waals surface area contributed by atoms with E-state index in [0.717, 1.165) is 44.3 Å². The molecule has 3 aliphatic rings. The lowest BCUT2D eigenvalue weighted by Gasteiger charge is -2.47. The van der Waals surface area contributed by atoms with E-state index in [9.17, 15) is 30.6 Å². The van der Waals surface area contributed by atoms with Crippen LogP contribution in [0.1, 0.15) is 91.0 Å². The molecule has 0 radical (unpaired) electrons. The van der Waals surface area contributed by atoms with E-state index in [1.165, 1.54) is 5.56 Å². The molecule has 2 aliphatic heterocycles. The molecule has 0 spiro atoms. The Bertz CT molecular complexity index is 2440. The van der Waals surface area contributed by atoms with Crippen molar-refractivity contribution in [3.8, 4) is 39.9 Å². The summed E-state index contributed by atoms with van der Waals surface area (Å²) in [5.74, 6) is 1.99. The third kappa shape index (κ3) is 10.0. The molecule has 0 saturated heterocycles. The molecule has 0 bridgehead atoms. The van der Waals surface area contributed by atoms with Gasteiger partial charge in [0, 0.05) is 61.2 Å². The van der Waals surface area contributed by atoms with Gasteiger partial charge in [0.15, 0.2) is 17.6 Å². The number of phenolic OH excluding ortho intramolecular Hbond substituents is 2. The summed E-state index contributed by atoms with van der Waals surface area (Å²) in [6.45, 7) is 6.75. The van der Waals surface area contributed by atoms with Gasteiger partial charge >= 0.3 is 0 Å². The molecule has 3 heterocycles. The molecule has 1 aliphatic carbocycles. The molecule has 5 atom stereocenters. The standard InChI is InChI=1S/C52H68N4O10/c1-31(2)24-51(3,62)27-54-29-55-28-52(64-30-53-4)25-43-42-21-35(19-32-7-12-44-33(18-32)13-14-56-44)41-23-37(60)8-10-39(41)46(42)49-40(11-9-38(26-59)65-49)48(43)66-50(52)36-20-34(6-5-15-57)47(61)45(22-36)63-17-16-58/h7-8,10,12-14,18,20,22-23,31,35,38,50,53-62H,5-6,9,11,15-17,19,21,24-30H2,1-4H3. The number of aryl methyl sites for hydroxylation is 1. The van der Waals surface area contributed by atoms with Crippen LogP contribution < -0.4 is 30.2 Å². The number of phenols is 2. The van der Waals surface area contributed by atoms with Gasteiger partial charge in [-0.15, -0.1) is 0 Å². The fraction of sp³-hybridized carbons (Fsp3) is 0.500. The van der Waals surface area contributed by atoms with E-state index >= 15 is 0 Å². The normalized spacial score (nSPS) is 20.8. The van der Waals surface area contributed by atoms with Crippen molar-refractivity contribution in [2.24, 2.45) is 5.92 Å². The number of rotatable bonds is 21. The summed E-state index contributed by atoms with van der Waals surface area (Å²) in [7, 11) is 1.83. The first-order valence-electron chi connectivity index (χ1n) is 23.5. The van der Waals surface area contributed by atoms with Gasteiger partial charge in [-0.05, 0) is 152 Å². The van der Waals surface area contributed by atoms with Gasteiger partial charge in [-0.3, -0.25) is 5.32 Å². The van der Waals surface area contributed by atoms with Crippen molar-refractivity contribution in [3.05, 3.63) is 99.7 Å². The van der Waals surface area contributed by atoms with Gasteiger partial charge in [0.1, 0.15) is 35.6 Å². The number of aliphatic hydroxyl groups excluding tert-OH is 3. The largest absolute Gasteiger partial charge is 0.508 e. The number of ether oxygens (including phenoxy) is 4. The fourth-order valence-electron chi connectivity index (χ4n) is 10.6. The quantitative estimate of drug-likeness (QED) is 0.0319. The van der Waals surface area contributed by atoms with Crippen LogP contribution in [0.5, 0.6) is 28.7 Å². The van der Waals surface area contributed by atoms with Gasteiger partial charge in [0.25, 0.3) is 0 Å². The minimum Gasteiger partial charge on any atom is -0.508 e. The molecular formula is C52H68N4O10. The van der Waals surface area contributed by atoms with Crippen molar-refractivity contribution in [2.75, 3.05) is 60.0 Å². The minimum absolute atomic E-state index is 0.0286. The number of aliphatic hydroxyl groups is 4. The van der Waals surface area contributed by atoms with Crippen LogP contribution in [-0.4, -0.2) is 113 Å². The first kappa shape index (κ1) is 47.6. The number of hydrogen-bond acceptors (Lipinski definition) is 13. The number of nitrogens with one attached hydrogen (secondary N) is 4. The highest BCUT2D eigenvalue weighted by molar-refractivity contribution is 5.85. The Balaban J connectivity index is 1.29. The zero-order chi connectivity index (χ0) is 46.6. The number of aromatic hydroxyl groups is 2. The second-order valence-corrected chi connectivity index (χ2v) is 19.1. The van der Waals surface area contributed by atoms with Crippen LogP contribution in [0.2, 0.25) is 0 Å². The minimum atomic E-state index is -1.09. The molecule has 5 aromatic rings. The van der Waals surface area contributed by atoms with Crippen LogP contribution >= 0.6 is 0 Å². The lowest BCUT2D eigenvalue weighted by molar-refractivity contribution is -0.129. The van der Waals surface area contributed by atoms with Crippen molar-refractivity contribution in [3.63, 3.8) is 0 Å². The fourth-order valence-corrected chi connectivity index (χ4v) is 10.6. The average Bonchev–Trinajstić information content (AvgIpc) is 3.77. The van der Waals surface area contributed by atoms with Crippen molar-refractivity contribution in [1.82, 2.24) is 20.9 Å². The zero-order valence-corrected chi connectivity index (χ0v) is 38.7. The molecule has 0 saturated carbocycles. The summed E-state index contributed by atoms with van der Waals surface area (Å²) < 4.78 is 27.3. The highest BCUT2D eigenvalue weighted by Crippen LogP contribution is 2.58. The smallest absolute Gasteiger partial charge is 0.161 e. The lowest BCUT2D eigenvalue weighted by atomic mass is 9.70. The molecule has 14 nitrogen and oxygen atoms in total. The number of hydrogen-bond donors (Lipinski definition) is 10. The molecule has 66 heavy (non-hydrogen) atoms. The van der Waals surface area contributed by atoms with Crippen LogP contribution in [0.4, 0.5) is 0 Å². The number of aromatic amines is 1. The number of H-pyrrole nitrogens is 1. The van der Waals surface area contributed by atoms with Crippen molar-refractivity contribution in [1.29, 1.82) is 0 Å². The number of aromatic nitrogens is 1. The van der Waals surface area contributed by atoms with Crippen LogP contribution in [0.15, 0.2) is 60.8 Å². The van der Waals surface area contributed by atoms with Crippen LogP contribution in [0.25, 0.3) is 22.0 Å². The molecule has 14 heteroatoms. The Kier molecular flexibility index (Phi) is 14.8. The van der Waals surface area contributed by atoms with E-state index in [1.54, 1.807) is 12.1 Å². The zero-order valence-electron chi connectivity index (χ0n) is 38.7. The average molecular weight is 909 g/mol. The van der Waals surface area contributed by atoms with Crippen LogP contribution in [-0.2, 0) is 36.8 Å². The number of benzene rings is 4. The van der Waals surface area contributed by atoms with E-state index in [0.29, 0.717) is 99.7 Å². The van der Waals surface area contributed by atoms with Crippen molar-refractivity contribution >= 4 is 10.9 Å². The first-order valence-corrected chi connectivity index (χ1v) is 23.5. The SMILES string of the molecule is CNCOC1(CNCNCC(C)(O)CC(C)C)Cc2c3c(c4c(c2OC1c1cc(CCCO)c(O)c(OCCO)c1)CCC(CO)O4)-c1ccc(O)cc1C(Cc1ccc2[nH]ccc2c1)C3. The number of fused-ring (bicyclic) bond motifs is 9. The first-order chi connectivity index (χ1) is 31.9. The Morgan fingerprint density at radius 3 is 2.58 bits per heavy atom. The summed E-state index contributed by atoms with van der Waals surface area (Å²) in [5, 5.41) is 75.1. The molecule has 1 aromatic heterocycles. The van der Waals surface area contributed by atoms with Gasteiger partial charge in [0.05, 0.1) is 25.5 Å². The molecule has 356 valence electrons. The van der Waals surface area contributed by atoms with E-state index in [4.69, 9.17) is 18.9 Å². The third-order valence-corrected chi connectivity index (χ3v) is 13.4. The van der Waals surface area contributed by atoms with Crippen LogP contribution in [0, 0.1) is 5.92 Å². The maximum Gasteiger partial charge on any atom is 0.161 e. The van der Waals surface area contributed by atoms with E-state index < -0.39 is 23.4 Å². The topological polar surface area (TPSA) is 210 Å². The van der Waals surface area contributed by atoms with E-state index in [1.807, 2.05) is 38.4 Å². The van der Waals surface area contributed by atoms with Crippen molar-refractivity contribution < 1.29 is 49.6 Å². The Morgan fingerprint density at radius 2 is 1.80 bits per heavy atom. The maximum atomic E-state index is 11.5. The predicted molar refractivity (Wildman–Crippen MR) is 254 cm³/mol. The van der Waals surface area contributed by atoms with Gasteiger partial charge in [0.2, 0.25) is 0 Å². The summed E-state index contributed by atoms with van der Waals surface area (Å²) in [5.41, 5.74) is 7.38. The van der Waals surface area contributed by atoms with Gasteiger partial charge in [-0.1, -0.05) is 26.0 Å². The second-order valence-electron chi connectivity index (χ2n) is 19.1. The van der Waals surface area contributed by atoms with E-state index in [-0.39, 0.29) is 56.3 Å². The van der Waals surface area contributed by atoms with Crippen LogP contribution in [0.3, 0.4) is 0 Å². The predicted octanol–water partition coefficient (Wildman–Crippen LogP) is 5.65. The highest BCUT2D eigenvalue weighted by Gasteiger charge is 2.50. The van der Waals surface area contributed by atoms with Gasteiger partial charge in [-0.2, -0.15) is 0 Å². The summed E-state index contributed by atoms with van der Waals surface area (Å²) >= 11 is 0. The summed E-state index contributed by atoms with van der Waals surface area (Å²) in [6.07, 6.45) is 5.05. The summed E-state index contributed by atoms with van der Waals surface area (Å²) in [6, 6.07) is 17.8. The second kappa shape index (κ2) is 20.5. The molecule has 0 amide bonds. The Morgan fingerprint density at radius 1 is 0.955 bits per heavy atom. The van der Waals surface area contributed by atoms with Gasteiger partial charge < -0.3 is 65.2 Å². The Labute approximate surface area is 387 Å². The monoisotopic (exact) mass is 908 g/mol. The summed E-state index contributed by atoms with van der Waals surface area (Å²) in [4.78, 5) is 3.30. The van der Waals surface area contributed by atoms with Gasteiger partial charge in [-0.25, -0.2) is 0 Å². The van der Waals surface area contributed by atoms with Crippen molar-refractivity contribution in [2.45, 2.75) is 101 Å².